The van der Waals surface area contributed by atoms with Gasteiger partial charge >= 0.3 is 6.09 Å². The molecule has 8 nitrogen and oxygen atoms in total. The van der Waals surface area contributed by atoms with Gasteiger partial charge in [0.2, 0.25) is 0 Å². The van der Waals surface area contributed by atoms with Crippen molar-refractivity contribution in [2.75, 3.05) is 0 Å². The van der Waals surface area contributed by atoms with Gasteiger partial charge in [0.05, 0.1) is 11.7 Å². The third-order valence-corrected chi connectivity index (χ3v) is 5.51. The summed E-state index contributed by atoms with van der Waals surface area (Å²) in [5, 5.41) is 15.0. The van der Waals surface area contributed by atoms with Gasteiger partial charge in [0.25, 0.3) is 0 Å². The molecule has 2 aromatic carbocycles. The number of carbonyl (C=O) groups excluding carboxylic acids is 1. The Morgan fingerprint density at radius 3 is 2.41 bits per heavy atom. The molecule has 0 aliphatic carbocycles. The first-order valence-electron chi connectivity index (χ1n) is 11.2. The predicted octanol–water partition coefficient (Wildman–Crippen LogP) is 5.31. The molecule has 1 unspecified atom stereocenters. The van der Waals surface area contributed by atoms with Crippen molar-refractivity contribution in [2.45, 2.75) is 46.6 Å². The second-order valence-electron chi connectivity index (χ2n) is 8.67. The van der Waals surface area contributed by atoms with Gasteiger partial charge in [-0.15, -0.1) is 5.10 Å². The van der Waals surface area contributed by atoms with Crippen LogP contribution in [0.5, 0.6) is 5.75 Å². The van der Waals surface area contributed by atoms with Crippen LogP contribution in [0.2, 0.25) is 0 Å². The number of nitrogens with one attached hydrogen (secondary N) is 1. The predicted molar refractivity (Wildman–Crippen MR) is 130 cm³/mol. The van der Waals surface area contributed by atoms with E-state index in [4.69, 9.17) is 4.74 Å². The van der Waals surface area contributed by atoms with Crippen molar-refractivity contribution in [2.24, 2.45) is 0 Å². The monoisotopic (exact) mass is 456 g/mol. The van der Waals surface area contributed by atoms with Crippen LogP contribution < -0.4 is 10.1 Å². The number of tetrazole rings is 1. The molecule has 0 bridgehead atoms. The summed E-state index contributed by atoms with van der Waals surface area (Å²) < 4.78 is 7.38. The zero-order valence-electron chi connectivity index (χ0n) is 20.0. The van der Waals surface area contributed by atoms with E-state index in [2.05, 4.69) is 25.8 Å². The third-order valence-electron chi connectivity index (χ3n) is 5.51. The van der Waals surface area contributed by atoms with Crippen molar-refractivity contribution in [3.05, 3.63) is 83.4 Å². The van der Waals surface area contributed by atoms with Gasteiger partial charge in [-0.3, -0.25) is 4.98 Å². The maximum atomic E-state index is 12.7. The fourth-order valence-corrected chi connectivity index (χ4v) is 3.55. The summed E-state index contributed by atoms with van der Waals surface area (Å²) in [6.45, 7) is 9.90. The van der Waals surface area contributed by atoms with E-state index < -0.39 is 6.09 Å². The van der Waals surface area contributed by atoms with Crippen LogP contribution in [0.15, 0.2) is 60.8 Å². The Balaban J connectivity index is 1.64. The lowest BCUT2D eigenvalue weighted by Gasteiger charge is -2.16. The number of benzene rings is 2. The minimum absolute atomic E-state index is 0.120. The van der Waals surface area contributed by atoms with Crippen molar-refractivity contribution in [1.29, 1.82) is 0 Å². The molecule has 1 N–H and O–H groups in total. The molecule has 174 valence electrons. The van der Waals surface area contributed by atoms with E-state index in [0.29, 0.717) is 11.4 Å². The number of carbonyl (C=O) groups is 1. The van der Waals surface area contributed by atoms with Crippen LogP contribution in [0.3, 0.4) is 0 Å². The minimum Gasteiger partial charge on any atom is -0.410 e. The molecule has 34 heavy (non-hydrogen) atoms. The van der Waals surface area contributed by atoms with Crippen molar-refractivity contribution in [3.8, 4) is 22.6 Å². The number of rotatable bonds is 6. The maximum Gasteiger partial charge on any atom is 0.413 e. The van der Waals surface area contributed by atoms with Crippen LogP contribution in [-0.2, 0) is 0 Å². The van der Waals surface area contributed by atoms with Crippen LogP contribution in [-0.4, -0.2) is 31.3 Å². The van der Waals surface area contributed by atoms with Crippen LogP contribution in [0.1, 0.15) is 55.4 Å². The fraction of sp³-hybridized carbons (Fsp3) is 0.269. The zero-order valence-corrected chi connectivity index (χ0v) is 20.0. The molecule has 8 heteroatoms. The summed E-state index contributed by atoms with van der Waals surface area (Å²) in [5.41, 5.74) is 5.58. The first kappa shape index (κ1) is 23.1. The van der Waals surface area contributed by atoms with Gasteiger partial charge in [-0.2, -0.15) is 4.68 Å². The number of aromatic nitrogens is 5. The summed E-state index contributed by atoms with van der Waals surface area (Å²) >= 11 is 0. The maximum absolute atomic E-state index is 12.7. The number of ether oxygens (including phenoxy) is 1. The lowest BCUT2D eigenvalue weighted by atomic mass is 10.0. The summed E-state index contributed by atoms with van der Waals surface area (Å²) in [6.07, 6.45) is 1.20. The van der Waals surface area contributed by atoms with Crippen LogP contribution in [0.4, 0.5) is 4.79 Å². The van der Waals surface area contributed by atoms with Crippen LogP contribution >= 0.6 is 0 Å². The molecule has 2 heterocycles. The molecule has 0 saturated carbocycles. The summed E-state index contributed by atoms with van der Waals surface area (Å²) in [7, 11) is 0. The van der Waals surface area contributed by atoms with Gasteiger partial charge in [0, 0.05) is 23.9 Å². The van der Waals surface area contributed by atoms with E-state index in [9.17, 15) is 4.79 Å². The second kappa shape index (κ2) is 9.82. The molecular weight excluding hydrogens is 428 g/mol. The standard InChI is InChI=1S/C26H28N6O2/c1-16(2)25-29-30-31-32(25)23-12-22(20-9-6-17(3)7-10-20)13-24(14-23)34-26(33)28-19(5)21-11-8-18(4)27-15-21/h6-16,19H,1-5H3,(H,28,33). The highest BCUT2D eigenvalue weighted by atomic mass is 16.6. The van der Waals surface area contributed by atoms with E-state index in [1.807, 2.05) is 83.1 Å². The first-order chi connectivity index (χ1) is 16.3. The minimum atomic E-state index is -0.555. The van der Waals surface area contributed by atoms with Crippen molar-refractivity contribution >= 4 is 6.09 Å². The highest BCUT2D eigenvalue weighted by Gasteiger charge is 2.17. The average Bonchev–Trinajstić information content (AvgIpc) is 3.30. The Morgan fingerprint density at radius 1 is 0.971 bits per heavy atom. The smallest absolute Gasteiger partial charge is 0.410 e. The van der Waals surface area contributed by atoms with E-state index >= 15 is 0 Å². The topological polar surface area (TPSA) is 94.8 Å². The molecular formula is C26H28N6O2. The van der Waals surface area contributed by atoms with Gasteiger partial charge in [-0.05, 0) is 66.1 Å². The van der Waals surface area contributed by atoms with Gasteiger partial charge in [0.1, 0.15) is 5.75 Å². The molecule has 1 atom stereocenters. The van der Waals surface area contributed by atoms with E-state index in [0.717, 1.165) is 33.8 Å². The molecule has 0 aliphatic heterocycles. The summed E-state index contributed by atoms with van der Waals surface area (Å²) in [6, 6.07) is 17.3. The van der Waals surface area contributed by atoms with Gasteiger partial charge in [-0.1, -0.05) is 49.7 Å². The lowest BCUT2D eigenvalue weighted by molar-refractivity contribution is 0.197. The van der Waals surface area contributed by atoms with Crippen molar-refractivity contribution in [1.82, 2.24) is 30.5 Å². The molecule has 0 spiro atoms. The summed E-state index contributed by atoms with van der Waals surface area (Å²) in [5.74, 6) is 1.23. The quantitative estimate of drug-likeness (QED) is 0.422. The molecule has 0 saturated heterocycles. The Hall–Kier alpha value is -4.07. The zero-order chi connectivity index (χ0) is 24.2. The number of pyridine rings is 1. The van der Waals surface area contributed by atoms with Gasteiger partial charge in [-0.25, -0.2) is 4.79 Å². The van der Waals surface area contributed by atoms with Crippen molar-refractivity contribution < 1.29 is 9.53 Å². The Kier molecular flexibility index (Phi) is 6.67. The highest BCUT2D eigenvalue weighted by Crippen LogP contribution is 2.29. The Morgan fingerprint density at radius 2 is 1.74 bits per heavy atom. The Bertz CT molecular complexity index is 1280. The number of hydrogen-bond acceptors (Lipinski definition) is 6. The SMILES string of the molecule is Cc1ccc(-c2cc(OC(=O)NC(C)c3ccc(C)nc3)cc(-n3nnnc3C(C)C)c2)cc1. The molecule has 2 aromatic heterocycles. The number of hydrogen-bond donors (Lipinski definition) is 1. The molecule has 0 aliphatic rings. The van der Waals surface area contributed by atoms with E-state index in [1.54, 1.807) is 16.9 Å². The van der Waals surface area contributed by atoms with Gasteiger partial charge in [0.15, 0.2) is 5.82 Å². The molecule has 1 amide bonds. The van der Waals surface area contributed by atoms with Crippen molar-refractivity contribution in [3.63, 3.8) is 0 Å². The van der Waals surface area contributed by atoms with E-state index in [-0.39, 0.29) is 12.0 Å². The number of nitrogens with zero attached hydrogens (tertiary/aromatic N) is 5. The second-order valence-corrected chi connectivity index (χ2v) is 8.67. The van der Waals surface area contributed by atoms with Crippen LogP contribution in [0.25, 0.3) is 16.8 Å². The normalized spacial score (nSPS) is 11.9. The Labute approximate surface area is 199 Å². The lowest BCUT2D eigenvalue weighted by Crippen LogP contribution is -2.29. The third kappa shape index (κ3) is 5.28. The molecule has 4 rings (SSSR count). The molecule has 0 radical (unpaired) electrons. The highest BCUT2D eigenvalue weighted by molar-refractivity contribution is 5.74. The van der Waals surface area contributed by atoms with Gasteiger partial charge < -0.3 is 10.1 Å². The first-order valence-corrected chi connectivity index (χ1v) is 11.2. The fourth-order valence-electron chi connectivity index (χ4n) is 3.55. The summed E-state index contributed by atoms with van der Waals surface area (Å²) in [4.78, 5) is 17.0. The average molecular weight is 457 g/mol. The number of amides is 1. The molecule has 0 fully saturated rings. The molecule has 4 aromatic rings. The van der Waals surface area contributed by atoms with Crippen LogP contribution in [0, 0.1) is 13.8 Å². The largest absolute Gasteiger partial charge is 0.413 e. The van der Waals surface area contributed by atoms with E-state index in [1.165, 1.54) is 0 Å². The number of aryl methyl sites for hydroxylation is 2.